The Hall–Kier alpha value is -2.96. The lowest BCUT2D eigenvalue weighted by Crippen LogP contribution is -1.95. The SMILES string of the molecule is N#Cc1nc(Sc2nnc(-c3ccc(Cl)cc3)o2)ccc1[N+](=O)[O-]. The molecule has 8 nitrogen and oxygen atoms in total. The van der Waals surface area contributed by atoms with Crippen LogP contribution in [0.25, 0.3) is 11.5 Å². The van der Waals surface area contributed by atoms with Gasteiger partial charge in [0.2, 0.25) is 11.6 Å². The molecule has 118 valence electrons. The summed E-state index contributed by atoms with van der Waals surface area (Å²) < 4.78 is 5.51. The maximum atomic E-state index is 10.8. The molecule has 0 atom stereocenters. The Bertz CT molecular complexity index is 952. The quantitative estimate of drug-likeness (QED) is 0.510. The van der Waals surface area contributed by atoms with Crippen molar-refractivity contribution >= 4 is 29.1 Å². The molecule has 10 heteroatoms. The van der Waals surface area contributed by atoms with Crippen LogP contribution in [0.1, 0.15) is 5.69 Å². The summed E-state index contributed by atoms with van der Waals surface area (Å²) in [7, 11) is 0. The molecule has 3 rings (SSSR count). The molecule has 0 saturated carbocycles. The standard InChI is InChI=1S/C14H6ClN5O3S/c15-9-3-1-8(2-4-9)13-18-19-14(23-13)24-12-6-5-11(20(21)22)10(7-16)17-12/h1-6H. The van der Waals surface area contributed by atoms with Crippen LogP contribution in [0.15, 0.2) is 51.1 Å². The summed E-state index contributed by atoms with van der Waals surface area (Å²) in [5.41, 5.74) is 0.0739. The summed E-state index contributed by atoms with van der Waals surface area (Å²) in [6.07, 6.45) is 0. The molecule has 0 aliphatic carbocycles. The number of rotatable bonds is 4. The third kappa shape index (κ3) is 3.34. The molecule has 24 heavy (non-hydrogen) atoms. The van der Waals surface area contributed by atoms with Crippen LogP contribution in [0, 0.1) is 21.4 Å². The van der Waals surface area contributed by atoms with E-state index in [4.69, 9.17) is 21.3 Å². The normalized spacial score (nSPS) is 10.3. The van der Waals surface area contributed by atoms with Crippen LogP contribution in [0.5, 0.6) is 0 Å². The fourth-order valence-electron chi connectivity index (χ4n) is 1.77. The number of benzene rings is 1. The fourth-order valence-corrected chi connectivity index (χ4v) is 2.55. The number of hydrogen-bond donors (Lipinski definition) is 0. The van der Waals surface area contributed by atoms with Crippen molar-refractivity contribution in [3.8, 4) is 17.5 Å². The molecular weight excluding hydrogens is 354 g/mol. The van der Waals surface area contributed by atoms with Gasteiger partial charge in [0, 0.05) is 16.7 Å². The predicted molar refractivity (Wildman–Crippen MR) is 84.5 cm³/mol. The van der Waals surface area contributed by atoms with Crippen molar-refractivity contribution in [2.75, 3.05) is 0 Å². The van der Waals surface area contributed by atoms with Crippen molar-refractivity contribution in [2.45, 2.75) is 10.2 Å². The number of nitriles is 1. The fraction of sp³-hybridized carbons (Fsp3) is 0. The van der Waals surface area contributed by atoms with Crippen LogP contribution in [-0.2, 0) is 0 Å². The Morgan fingerprint density at radius 1 is 1.21 bits per heavy atom. The van der Waals surface area contributed by atoms with Gasteiger partial charge in [-0.3, -0.25) is 10.1 Å². The second-order valence-electron chi connectivity index (χ2n) is 4.37. The van der Waals surface area contributed by atoms with Gasteiger partial charge in [-0.25, -0.2) is 4.98 Å². The van der Waals surface area contributed by atoms with Crippen molar-refractivity contribution < 1.29 is 9.34 Å². The smallest absolute Gasteiger partial charge is 0.305 e. The first-order chi connectivity index (χ1) is 11.6. The Labute approximate surface area is 144 Å². The zero-order chi connectivity index (χ0) is 17.1. The molecule has 0 aliphatic heterocycles. The molecule has 2 heterocycles. The maximum Gasteiger partial charge on any atom is 0.305 e. The van der Waals surface area contributed by atoms with E-state index in [-0.39, 0.29) is 16.6 Å². The molecule has 3 aromatic rings. The van der Waals surface area contributed by atoms with Gasteiger partial charge in [-0.15, -0.1) is 10.2 Å². The molecule has 0 saturated heterocycles. The second kappa shape index (κ2) is 6.66. The van der Waals surface area contributed by atoms with Crippen LogP contribution in [0.3, 0.4) is 0 Å². The van der Waals surface area contributed by atoms with Crippen LogP contribution in [0.2, 0.25) is 5.02 Å². The van der Waals surface area contributed by atoms with Crippen molar-refractivity contribution in [1.29, 1.82) is 5.26 Å². The van der Waals surface area contributed by atoms with Crippen LogP contribution in [-0.4, -0.2) is 20.1 Å². The summed E-state index contributed by atoms with van der Waals surface area (Å²) in [5, 5.41) is 28.7. The molecule has 0 N–H and O–H groups in total. The molecule has 0 amide bonds. The zero-order valence-corrected chi connectivity index (χ0v) is 13.3. The highest BCUT2D eigenvalue weighted by Crippen LogP contribution is 2.30. The van der Waals surface area contributed by atoms with Gasteiger partial charge in [0.05, 0.1) is 4.92 Å². The minimum atomic E-state index is -0.661. The van der Waals surface area contributed by atoms with E-state index >= 15 is 0 Å². The number of nitro groups is 1. The molecule has 0 aliphatic rings. The summed E-state index contributed by atoms with van der Waals surface area (Å²) in [6.45, 7) is 0. The number of pyridine rings is 1. The monoisotopic (exact) mass is 359 g/mol. The Kier molecular flexibility index (Phi) is 4.41. The van der Waals surface area contributed by atoms with E-state index in [1.165, 1.54) is 12.1 Å². The Balaban J connectivity index is 1.84. The van der Waals surface area contributed by atoms with Gasteiger partial charge in [0.15, 0.2) is 0 Å². The molecule has 0 radical (unpaired) electrons. The topological polar surface area (TPSA) is 119 Å². The van der Waals surface area contributed by atoms with E-state index in [1.54, 1.807) is 30.3 Å². The van der Waals surface area contributed by atoms with Crippen LogP contribution < -0.4 is 0 Å². The lowest BCUT2D eigenvalue weighted by molar-refractivity contribution is -0.385. The zero-order valence-electron chi connectivity index (χ0n) is 11.7. The van der Waals surface area contributed by atoms with Gasteiger partial charge < -0.3 is 4.42 Å². The van der Waals surface area contributed by atoms with E-state index in [0.29, 0.717) is 21.5 Å². The number of hydrogen-bond acceptors (Lipinski definition) is 8. The van der Waals surface area contributed by atoms with Crippen molar-refractivity contribution in [2.24, 2.45) is 0 Å². The average molecular weight is 360 g/mol. The molecular formula is C14H6ClN5O3S. The highest BCUT2D eigenvalue weighted by molar-refractivity contribution is 7.99. The van der Waals surface area contributed by atoms with Gasteiger partial charge in [0.25, 0.3) is 5.22 Å². The first-order valence-corrected chi connectivity index (χ1v) is 7.59. The van der Waals surface area contributed by atoms with E-state index in [2.05, 4.69) is 15.2 Å². The van der Waals surface area contributed by atoms with Gasteiger partial charge in [-0.1, -0.05) is 11.6 Å². The first-order valence-electron chi connectivity index (χ1n) is 6.39. The van der Waals surface area contributed by atoms with Gasteiger partial charge >= 0.3 is 5.69 Å². The van der Waals surface area contributed by atoms with Gasteiger partial charge in [0.1, 0.15) is 11.1 Å². The van der Waals surface area contributed by atoms with E-state index in [0.717, 1.165) is 11.8 Å². The molecule has 0 unspecified atom stereocenters. The Morgan fingerprint density at radius 3 is 2.62 bits per heavy atom. The minimum absolute atomic E-state index is 0.199. The Morgan fingerprint density at radius 2 is 1.96 bits per heavy atom. The summed E-state index contributed by atoms with van der Waals surface area (Å²) >= 11 is 6.83. The molecule has 1 aromatic carbocycles. The van der Waals surface area contributed by atoms with Crippen molar-refractivity contribution in [1.82, 2.24) is 15.2 Å². The van der Waals surface area contributed by atoms with Gasteiger partial charge in [-0.2, -0.15) is 5.26 Å². The van der Waals surface area contributed by atoms with E-state index in [1.807, 2.05) is 0 Å². The van der Waals surface area contributed by atoms with Crippen molar-refractivity contribution in [3.05, 3.63) is 57.2 Å². The highest BCUT2D eigenvalue weighted by atomic mass is 35.5. The predicted octanol–water partition coefficient (Wildman–Crippen LogP) is 3.72. The number of nitrogens with zero attached hydrogens (tertiary/aromatic N) is 5. The van der Waals surface area contributed by atoms with Crippen molar-refractivity contribution in [3.63, 3.8) is 0 Å². The minimum Gasteiger partial charge on any atom is -0.411 e. The largest absolute Gasteiger partial charge is 0.411 e. The first kappa shape index (κ1) is 15.9. The summed E-state index contributed by atoms with van der Waals surface area (Å²) in [5.74, 6) is 0.302. The number of halogens is 1. The summed E-state index contributed by atoms with van der Waals surface area (Å²) in [6, 6.07) is 11.2. The van der Waals surface area contributed by atoms with E-state index in [9.17, 15) is 10.1 Å². The van der Waals surface area contributed by atoms with Crippen LogP contribution in [0.4, 0.5) is 5.69 Å². The van der Waals surface area contributed by atoms with E-state index < -0.39 is 4.92 Å². The lowest BCUT2D eigenvalue weighted by atomic mass is 10.2. The third-order valence-electron chi connectivity index (χ3n) is 2.84. The van der Waals surface area contributed by atoms with Crippen LogP contribution >= 0.6 is 23.4 Å². The average Bonchev–Trinajstić information content (AvgIpc) is 3.03. The second-order valence-corrected chi connectivity index (χ2v) is 5.78. The molecule has 0 fully saturated rings. The summed E-state index contributed by atoms with van der Waals surface area (Å²) in [4.78, 5) is 14.0. The molecule has 2 aromatic heterocycles. The highest BCUT2D eigenvalue weighted by Gasteiger charge is 2.17. The molecule has 0 bridgehead atoms. The lowest BCUT2D eigenvalue weighted by Gasteiger charge is -1.98. The third-order valence-corrected chi connectivity index (χ3v) is 3.87. The van der Waals surface area contributed by atoms with Gasteiger partial charge in [-0.05, 0) is 42.1 Å². The molecule has 0 spiro atoms. The number of aromatic nitrogens is 3. The maximum absolute atomic E-state index is 10.8.